The van der Waals surface area contributed by atoms with E-state index in [0.29, 0.717) is 19.1 Å². The molecule has 0 bridgehead atoms. The number of ether oxygens (including phenoxy) is 2. The lowest BCUT2D eigenvalue weighted by atomic mass is 9.97. The molecule has 1 aliphatic rings. The number of likely N-dealkylation sites (tertiary alicyclic amines) is 1. The highest BCUT2D eigenvalue weighted by Crippen LogP contribution is 2.19. The minimum Gasteiger partial charge on any atom is -0.444 e. The average Bonchev–Trinajstić information content (AvgIpc) is 3.01. The van der Waals surface area contributed by atoms with Crippen LogP contribution >= 0.6 is 24.0 Å². The molecular weight excluding hydrogens is 485 g/mol. The lowest BCUT2D eigenvalue weighted by molar-refractivity contribution is 0.0698. The predicted molar refractivity (Wildman–Crippen MR) is 126 cm³/mol. The van der Waals surface area contributed by atoms with Crippen molar-refractivity contribution < 1.29 is 13.9 Å². The molecule has 0 spiro atoms. The van der Waals surface area contributed by atoms with Crippen LogP contribution < -0.4 is 10.6 Å². The van der Waals surface area contributed by atoms with Gasteiger partial charge < -0.3 is 24.5 Å². The largest absolute Gasteiger partial charge is 0.444 e. The molecule has 9 heteroatoms. The van der Waals surface area contributed by atoms with Crippen molar-refractivity contribution in [2.24, 2.45) is 10.9 Å². The number of nitrogens with zero attached hydrogens (tertiary/aromatic N) is 3. The number of hydrogen-bond donors (Lipinski definition) is 2. The molecular formula is C20H38IN5O3. The fourth-order valence-corrected chi connectivity index (χ4v) is 3.23. The fraction of sp³-hybridized carbons (Fsp3) is 0.800. The summed E-state index contributed by atoms with van der Waals surface area (Å²) in [7, 11) is 3.50. The van der Waals surface area contributed by atoms with Gasteiger partial charge in [0.15, 0.2) is 5.96 Å². The molecule has 0 aromatic carbocycles. The molecule has 1 saturated heterocycles. The van der Waals surface area contributed by atoms with Gasteiger partial charge in [-0.2, -0.15) is 0 Å². The third kappa shape index (κ3) is 10.1. The Kier molecular flexibility index (Phi) is 13.5. The maximum atomic E-state index is 5.71. The molecule has 2 N–H and O–H groups in total. The molecule has 1 aromatic rings. The predicted octanol–water partition coefficient (Wildman–Crippen LogP) is 2.34. The number of piperidine rings is 1. The summed E-state index contributed by atoms with van der Waals surface area (Å²) in [4.78, 5) is 11.2. The van der Waals surface area contributed by atoms with Gasteiger partial charge in [0, 0.05) is 33.9 Å². The summed E-state index contributed by atoms with van der Waals surface area (Å²) >= 11 is 0. The summed E-state index contributed by atoms with van der Waals surface area (Å²) in [6.45, 7) is 10.8. The number of rotatable bonds is 11. The molecule has 0 atom stereocenters. The average molecular weight is 523 g/mol. The van der Waals surface area contributed by atoms with Gasteiger partial charge in [-0.05, 0) is 52.1 Å². The molecule has 0 amide bonds. The molecule has 0 saturated carbocycles. The second kappa shape index (κ2) is 15.0. The summed E-state index contributed by atoms with van der Waals surface area (Å²) in [5, 5.41) is 6.80. The second-order valence-corrected chi connectivity index (χ2v) is 7.31. The van der Waals surface area contributed by atoms with E-state index in [1.807, 2.05) is 20.9 Å². The molecule has 2 heterocycles. The lowest BCUT2D eigenvalue weighted by Gasteiger charge is -2.31. The standard InChI is InChI=1S/C20H37N5O3.HI/c1-16-17(2)28-19(24-16)15-25-9-6-18(7-10-25)14-23-20(21-3)22-8-5-11-27-13-12-26-4;/h18H,5-15H2,1-4H3,(H2,21,22,23);1H. The zero-order valence-electron chi connectivity index (χ0n) is 18.3. The number of aliphatic imine (C=N–C) groups is 1. The number of aromatic nitrogens is 1. The van der Waals surface area contributed by atoms with Gasteiger partial charge in [0.25, 0.3) is 0 Å². The summed E-state index contributed by atoms with van der Waals surface area (Å²) in [6, 6.07) is 0. The minimum absolute atomic E-state index is 0. The number of halogens is 1. The number of methoxy groups -OCH3 is 1. The molecule has 29 heavy (non-hydrogen) atoms. The van der Waals surface area contributed by atoms with Crippen molar-refractivity contribution in [1.29, 1.82) is 0 Å². The first-order valence-corrected chi connectivity index (χ1v) is 10.3. The Bertz CT molecular complexity index is 569. The van der Waals surface area contributed by atoms with Gasteiger partial charge in [-0.3, -0.25) is 9.89 Å². The van der Waals surface area contributed by atoms with Gasteiger partial charge in [-0.15, -0.1) is 24.0 Å². The van der Waals surface area contributed by atoms with Crippen LogP contribution in [-0.4, -0.2) is 76.0 Å². The summed E-state index contributed by atoms with van der Waals surface area (Å²) in [5.74, 6) is 3.29. The quantitative estimate of drug-likeness (QED) is 0.199. The van der Waals surface area contributed by atoms with Crippen molar-refractivity contribution in [1.82, 2.24) is 20.5 Å². The Labute approximate surface area is 192 Å². The van der Waals surface area contributed by atoms with Gasteiger partial charge in [-0.1, -0.05) is 0 Å². The van der Waals surface area contributed by atoms with E-state index in [4.69, 9.17) is 13.9 Å². The van der Waals surface area contributed by atoms with Gasteiger partial charge in [0.2, 0.25) is 5.89 Å². The Morgan fingerprint density at radius 1 is 1.21 bits per heavy atom. The van der Waals surface area contributed by atoms with Crippen LogP contribution in [0.2, 0.25) is 0 Å². The third-order valence-electron chi connectivity index (χ3n) is 5.11. The smallest absolute Gasteiger partial charge is 0.208 e. The van der Waals surface area contributed by atoms with Crippen LogP contribution in [0.25, 0.3) is 0 Å². The zero-order valence-corrected chi connectivity index (χ0v) is 20.7. The first kappa shape index (κ1) is 26.1. The fourth-order valence-electron chi connectivity index (χ4n) is 3.23. The van der Waals surface area contributed by atoms with Crippen molar-refractivity contribution in [3.63, 3.8) is 0 Å². The highest BCUT2D eigenvalue weighted by atomic mass is 127. The lowest BCUT2D eigenvalue weighted by Crippen LogP contribution is -2.43. The van der Waals surface area contributed by atoms with Gasteiger partial charge in [0.05, 0.1) is 25.5 Å². The highest BCUT2D eigenvalue weighted by Gasteiger charge is 2.21. The molecule has 0 aliphatic carbocycles. The van der Waals surface area contributed by atoms with Crippen LogP contribution in [0.1, 0.15) is 36.6 Å². The summed E-state index contributed by atoms with van der Waals surface area (Å²) in [6.07, 6.45) is 3.30. The third-order valence-corrected chi connectivity index (χ3v) is 5.11. The number of nitrogens with one attached hydrogen (secondary N) is 2. The van der Waals surface area contributed by atoms with Crippen molar-refractivity contribution in [3.8, 4) is 0 Å². The van der Waals surface area contributed by atoms with E-state index < -0.39 is 0 Å². The van der Waals surface area contributed by atoms with Gasteiger partial charge in [0.1, 0.15) is 5.76 Å². The maximum absolute atomic E-state index is 5.71. The normalized spacial score (nSPS) is 15.9. The molecule has 1 fully saturated rings. The Hall–Kier alpha value is -0.910. The first-order chi connectivity index (χ1) is 13.6. The van der Waals surface area contributed by atoms with Crippen molar-refractivity contribution in [2.75, 3.05) is 60.2 Å². The summed E-state index contributed by atoms with van der Waals surface area (Å²) < 4.78 is 16.1. The van der Waals surface area contributed by atoms with Crippen molar-refractivity contribution >= 4 is 29.9 Å². The van der Waals surface area contributed by atoms with Crippen molar-refractivity contribution in [2.45, 2.75) is 39.7 Å². The van der Waals surface area contributed by atoms with Crippen LogP contribution in [-0.2, 0) is 16.0 Å². The SMILES string of the molecule is CN=C(NCCCOCCOC)NCC1CCN(Cc2nc(C)c(C)o2)CC1.I. The molecule has 8 nitrogen and oxygen atoms in total. The second-order valence-electron chi connectivity index (χ2n) is 7.31. The molecule has 1 aliphatic heterocycles. The molecule has 0 radical (unpaired) electrons. The topological polar surface area (TPSA) is 84.2 Å². The molecule has 0 unspecified atom stereocenters. The maximum Gasteiger partial charge on any atom is 0.208 e. The number of oxazole rings is 1. The summed E-state index contributed by atoms with van der Waals surface area (Å²) in [5.41, 5.74) is 0.995. The first-order valence-electron chi connectivity index (χ1n) is 10.3. The van der Waals surface area contributed by atoms with E-state index in [1.165, 1.54) is 12.8 Å². The van der Waals surface area contributed by atoms with E-state index in [9.17, 15) is 0 Å². The molecule has 168 valence electrons. The Balaban J connectivity index is 0.00000420. The van der Waals surface area contributed by atoms with E-state index in [-0.39, 0.29) is 24.0 Å². The van der Waals surface area contributed by atoms with E-state index in [0.717, 1.165) is 69.1 Å². The highest BCUT2D eigenvalue weighted by molar-refractivity contribution is 14.0. The Morgan fingerprint density at radius 3 is 2.59 bits per heavy atom. The molecule has 1 aromatic heterocycles. The molecule has 2 rings (SSSR count). The van der Waals surface area contributed by atoms with E-state index in [2.05, 4.69) is 25.5 Å². The van der Waals surface area contributed by atoms with Crippen molar-refractivity contribution in [3.05, 3.63) is 17.3 Å². The van der Waals surface area contributed by atoms with E-state index in [1.54, 1.807) is 7.11 Å². The minimum atomic E-state index is 0. The zero-order chi connectivity index (χ0) is 20.2. The van der Waals surface area contributed by atoms with Crippen LogP contribution in [0.5, 0.6) is 0 Å². The van der Waals surface area contributed by atoms with Crippen LogP contribution in [0.15, 0.2) is 9.41 Å². The van der Waals surface area contributed by atoms with Crippen LogP contribution in [0, 0.1) is 19.8 Å². The van der Waals surface area contributed by atoms with Crippen LogP contribution in [0.4, 0.5) is 0 Å². The number of aryl methyl sites for hydroxylation is 2. The Morgan fingerprint density at radius 2 is 1.97 bits per heavy atom. The van der Waals surface area contributed by atoms with Gasteiger partial charge >= 0.3 is 0 Å². The number of hydrogen-bond acceptors (Lipinski definition) is 6. The van der Waals surface area contributed by atoms with E-state index >= 15 is 0 Å². The van der Waals surface area contributed by atoms with Gasteiger partial charge in [-0.25, -0.2) is 4.98 Å². The van der Waals surface area contributed by atoms with Crippen LogP contribution in [0.3, 0.4) is 0 Å². The monoisotopic (exact) mass is 523 g/mol. The number of guanidine groups is 1.